The average Bonchev–Trinajstić information content (AvgIpc) is 2.92. The summed E-state index contributed by atoms with van der Waals surface area (Å²) >= 11 is 5.91. The summed E-state index contributed by atoms with van der Waals surface area (Å²) in [4.78, 5) is 19.8. The smallest absolute Gasteiger partial charge is 0.271 e. The summed E-state index contributed by atoms with van der Waals surface area (Å²) in [5.74, 6) is 5.91. The minimum Gasteiger partial charge on any atom is -0.350 e. The molecule has 0 saturated heterocycles. The van der Waals surface area contributed by atoms with Crippen LogP contribution in [0.15, 0.2) is 18.5 Å². The number of hydrazine groups is 1. The number of anilines is 1. The molecule has 2 aromatic rings. The molecular weight excluding hydrogens is 270 g/mol. The van der Waals surface area contributed by atoms with Crippen LogP contribution in [0.3, 0.4) is 0 Å². The van der Waals surface area contributed by atoms with Crippen LogP contribution in [-0.4, -0.2) is 32.6 Å². The first-order valence-corrected chi connectivity index (χ1v) is 5.84. The van der Waals surface area contributed by atoms with Crippen molar-refractivity contribution in [2.24, 2.45) is 5.84 Å². The topological polar surface area (TPSA) is 122 Å². The molecule has 0 atom stereocenters. The van der Waals surface area contributed by atoms with Gasteiger partial charge >= 0.3 is 0 Å². The van der Waals surface area contributed by atoms with Crippen LogP contribution in [0.5, 0.6) is 0 Å². The Hall–Kier alpha value is -2.19. The van der Waals surface area contributed by atoms with Crippen molar-refractivity contribution in [3.63, 3.8) is 0 Å². The standard InChI is InChI=1S/C10H12ClN7O/c11-6-1-2-8(17-12)16-9(6)10(19)13-4-3-7-14-5-15-18-7/h1-2,5H,3-4,12H2,(H,13,19)(H,16,17)(H,14,15,18). The summed E-state index contributed by atoms with van der Waals surface area (Å²) in [6.45, 7) is 0.395. The van der Waals surface area contributed by atoms with Gasteiger partial charge in [0.2, 0.25) is 0 Å². The molecule has 0 aliphatic rings. The molecular formula is C10H12ClN7O. The molecule has 2 rings (SSSR count). The van der Waals surface area contributed by atoms with Crippen molar-refractivity contribution in [2.45, 2.75) is 6.42 Å². The molecule has 1 amide bonds. The van der Waals surface area contributed by atoms with Gasteiger partial charge in [-0.3, -0.25) is 9.89 Å². The molecule has 0 aliphatic heterocycles. The van der Waals surface area contributed by atoms with Crippen molar-refractivity contribution >= 4 is 23.3 Å². The van der Waals surface area contributed by atoms with Crippen molar-refractivity contribution in [3.8, 4) is 0 Å². The summed E-state index contributed by atoms with van der Waals surface area (Å²) < 4.78 is 0. The normalized spacial score (nSPS) is 10.2. The van der Waals surface area contributed by atoms with Crippen molar-refractivity contribution in [2.75, 3.05) is 12.0 Å². The van der Waals surface area contributed by atoms with Crippen LogP contribution < -0.4 is 16.6 Å². The van der Waals surface area contributed by atoms with Crippen molar-refractivity contribution in [1.29, 1.82) is 0 Å². The number of aromatic nitrogens is 4. The number of nitrogen functional groups attached to an aromatic ring is 1. The number of amides is 1. The van der Waals surface area contributed by atoms with E-state index in [1.54, 1.807) is 12.1 Å². The van der Waals surface area contributed by atoms with E-state index in [-0.39, 0.29) is 16.6 Å². The second-order valence-electron chi connectivity index (χ2n) is 3.61. The van der Waals surface area contributed by atoms with Crippen molar-refractivity contribution in [1.82, 2.24) is 25.5 Å². The third kappa shape index (κ3) is 3.39. The van der Waals surface area contributed by atoms with E-state index in [4.69, 9.17) is 17.4 Å². The molecule has 0 radical (unpaired) electrons. The lowest BCUT2D eigenvalue weighted by atomic mass is 10.3. The Morgan fingerprint density at radius 2 is 2.32 bits per heavy atom. The highest BCUT2D eigenvalue weighted by molar-refractivity contribution is 6.33. The third-order valence-corrected chi connectivity index (χ3v) is 2.63. The first kappa shape index (κ1) is 13.2. The van der Waals surface area contributed by atoms with Gasteiger partial charge in [-0.2, -0.15) is 5.10 Å². The highest BCUT2D eigenvalue weighted by Gasteiger charge is 2.12. The molecule has 0 aliphatic carbocycles. The van der Waals surface area contributed by atoms with Gasteiger partial charge in [-0.1, -0.05) is 11.6 Å². The van der Waals surface area contributed by atoms with Crippen LogP contribution in [0, 0.1) is 0 Å². The highest BCUT2D eigenvalue weighted by atomic mass is 35.5. The Labute approximate surface area is 113 Å². The second kappa shape index (κ2) is 6.12. The van der Waals surface area contributed by atoms with E-state index in [2.05, 4.69) is 30.9 Å². The zero-order chi connectivity index (χ0) is 13.7. The van der Waals surface area contributed by atoms with Crippen molar-refractivity contribution < 1.29 is 4.79 Å². The number of rotatable bonds is 5. The molecule has 2 aromatic heterocycles. The maximum absolute atomic E-state index is 11.9. The zero-order valence-electron chi connectivity index (χ0n) is 9.85. The molecule has 5 N–H and O–H groups in total. The summed E-state index contributed by atoms with van der Waals surface area (Å²) in [6, 6.07) is 3.13. The Kier molecular flexibility index (Phi) is 4.26. The molecule has 9 heteroatoms. The van der Waals surface area contributed by atoms with Crippen LogP contribution in [-0.2, 0) is 6.42 Å². The molecule has 0 saturated carbocycles. The number of pyridine rings is 1. The van der Waals surface area contributed by atoms with Gasteiger partial charge in [0.15, 0.2) is 0 Å². The summed E-state index contributed by atoms with van der Waals surface area (Å²) in [5.41, 5.74) is 2.47. The SMILES string of the molecule is NNc1ccc(Cl)c(C(=O)NCCc2ncn[nH]2)n1. The number of hydrogen-bond acceptors (Lipinski definition) is 6. The number of halogens is 1. The number of nitrogens with zero attached hydrogens (tertiary/aromatic N) is 3. The quantitative estimate of drug-likeness (QED) is 0.456. The van der Waals surface area contributed by atoms with Crippen LogP contribution >= 0.6 is 11.6 Å². The molecule has 0 spiro atoms. The van der Waals surface area contributed by atoms with E-state index in [0.29, 0.717) is 24.6 Å². The minimum absolute atomic E-state index is 0.120. The van der Waals surface area contributed by atoms with E-state index < -0.39 is 0 Å². The number of hydrogen-bond donors (Lipinski definition) is 4. The minimum atomic E-state index is -0.374. The molecule has 0 unspecified atom stereocenters. The summed E-state index contributed by atoms with van der Waals surface area (Å²) in [7, 11) is 0. The summed E-state index contributed by atoms with van der Waals surface area (Å²) in [6.07, 6.45) is 1.95. The van der Waals surface area contributed by atoms with Crippen LogP contribution in [0.1, 0.15) is 16.3 Å². The summed E-state index contributed by atoms with van der Waals surface area (Å²) in [5, 5.41) is 9.36. The Morgan fingerprint density at radius 3 is 3.00 bits per heavy atom. The zero-order valence-corrected chi connectivity index (χ0v) is 10.6. The maximum atomic E-state index is 11.9. The lowest BCUT2D eigenvalue weighted by Gasteiger charge is -2.07. The third-order valence-electron chi connectivity index (χ3n) is 2.32. The van der Waals surface area contributed by atoms with E-state index in [9.17, 15) is 4.79 Å². The molecule has 8 nitrogen and oxygen atoms in total. The predicted molar refractivity (Wildman–Crippen MR) is 69.5 cm³/mol. The number of nitrogens with one attached hydrogen (secondary N) is 3. The first-order valence-electron chi connectivity index (χ1n) is 5.46. The van der Waals surface area contributed by atoms with Crippen LogP contribution in [0.4, 0.5) is 5.82 Å². The molecule has 100 valence electrons. The van der Waals surface area contributed by atoms with Gasteiger partial charge in [-0.05, 0) is 12.1 Å². The lowest BCUT2D eigenvalue weighted by molar-refractivity contribution is 0.0949. The Bertz CT molecular complexity index is 557. The van der Waals surface area contributed by atoms with E-state index in [0.717, 1.165) is 0 Å². The fourth-order valence-corrected chi connectivity index (χ4v) is 1.60. The Balaban J connectivity index is 1.95. The van der Waals surface area contributed by atoms with Gasteiger partial charge in [-0.25, -0.2) is 15.8 Å². The maximum Gasteiger partial charge on any atom is 0.271 e. The largest absolute Gasteiger partial charge is 0.350 e. The van der Waals surface area contributed by atoms with Gasteiger partial charge < -0.3 is 10.7 Å². The van der Waals surface area contributed by atoms with Crippen LogP contribution in [0.2, 0.25) is 5.02 Å². The van der Waals surface area contributed by atoms with Gasteiger partial charge in [-0.15, -0.1) is 0 Å². The molecule has 0 bridgehead atoms. The molecule has 2 heterocycles. The number of carbonyl (C=O) groups is 1. The van der Waals surface area contributed by atoms with Crippen molar-refractivity contribution in [3.05, 3.63) is 35.0 Å². The molecule has 0 aromatic carbocycles. The molecule has 19 heavy (non-hydrogen) atoms. The number of H-pyrrole nitrogens is 1. The number of nitrogens with two attached hydrogens (primary N) is 1. The fraction of sp³-hybridized carbons (Fsp3) is 0.200. The predicted octanol–water partition coefficient (Wildman–Crippen LogP) is 0.111. The van der Waals surface area contributed by atoms with Crippen LogP contribution in [0.25, 0.3) is 0 Å². The average molecular weight is 282 g/mol. The monoisotopic (exact) mass is 281 g/mol. The van der Waals surface area contributed by atoms with E-state index >= 15 is 0 Å². The Morgan fingerprint density at radius 1 is 1.47 bits per heavy atom. The second-order valence-corrected chi connectivity index (χ2v) is 4.02. The number of aromatic amines is 1. The highest BCUT2D eigenvalue weighted by Crippen LogP contribution is 2.15. The molecule has 0 fully saturated rings. The van der Waals surface area contributed by atoms with Gasteiger partial charge in [0.05, 0.1) is 5.02 Å². The first-order chi connectivity index (χ1) is 9.20. The number of carbonyl (C=O) groups excluding carboxylic acids is 1. The van der Waals surface area contributed by atoms with Gasteiger partial charge in [0.1, 0.15) is 23.7 Å². The lowest BCUT2D eigenvalue weighted by Crippen LogP contribution is -2.27. The van der Waals surface area contributed by atoms with E-state index in [1.165, 1.54) is 6.33 Å². The van der Waals surface area contributed by atoms with E-state index in [1.807, 2.05) is 0 Å². The van der Waals surface area contributed by atoms with Gasteiger partial charge in [0, 0.05) is 13.0 Å². The fourth-order valence-electron chi connectivity index (χ4n) is 1.41. The van der Waals surface area contributed by atoms with Gasteiger partial charge in [0.25, 0.3) is 5.91 Å².